The zero-order valence-corrected chi connectivity index (χ0v) is 9.18. The first-order valence-corrected chi connectivity index (χ1v) is 4.90. The van der Waals surface area contributed by atoms with E-state index in [1.165, 1.54) is 22.9 Å². The van der Waals surface area contributed by atoms with Gasteiger partial charge < -0.3 is 0 Å². The molecule has 0 fully saturated rings. The zero-order chi connectivity index (χ0) is 12.4. The lowest BCUT2D eigenvalue weighted by atomic mass is 10.2. The number of allylic oxidation sites excluding steroid dienone is 1. The molecule has 0 atom stereocenters. The Kier molecular flexibility index (Phi) is 2.71. The Morgan fingerprint density at radius 2 is 2.29 bits per heavy atom. The fourth-order valence-electron chi connectivity index (χ4n) is 1.37. The standard InChI is InChI=1S/C12H9FN4/c1-8(2)11-7-17(16-15-11)12-5-10(13)4-3-9(12)6-14/h3-5,7H,1H2,2H3. The van der Waals surface area contributed by atoms with Gasteiger partial charge in [-0.25, -0.2) is 9.07 Å². The lowest BCUT2D eigenvalue weighted by molar-refractivity contribution is 0.624. The van der Waals surface area contributed by atoms with Crippen LogP contribution in [0.25, 0.3) is 11.3 Å². The predicted molar refractivity (Wildman–Crippen MR) is 60.7 cm³/mol. The van der Waals surface area contributed by atoms with Crippen LogP contribution >= 0.6 is 0 Å². The van der Waals surface area contributed by atoms with Gasteiger partial charge in [-0.1, -0.05) is 11.8 Å². The average molecular weight is 228 g/mol. The fraction of sp³-hybridized carbons (Fsp3) is 0.0833. The molecule has 1 aromatic carbocycles. The van der Waals surface area contributed by atoms with E-state index in [4.69, 9.17) is 5.26 Å². The highest BCUT2D eigenvalue weighted by atomic mass is 19.1. The Morgan fingerprint density at radius 1 is 1.53 bits per heavy atom. The molecular formula is C12H9FN4. The van der Waals surface area contributed by atoms with Gasteiger partial charge in [0.05, 0.1) is 17.4 Å². The summed E-state index contributed by atoms with van der Waals surface area (Å²) < 4.78 is 14.5. The number of halogens is 1. The first-order chi connectivity index (χ1) is 8.11. The number of nitriles is 1. The molecule has 2 aromatic rings. The van der Waals surface area contributed by atoms with Crippen molar-refractivity contribution < 1.29 is 4.39 Å². The molecule has 0 amide bonds. The Hall–Kier alpha value is -2.48. The topological polar surface area (TPSA) is 54.5 Å². The molecule has 84 valence electrons. The van der Waals surface area contributed by atoms with E-state index >= 15 is 0 Å². The van der Waals surface area contributed by atoms with E-state index in [2.05, 4.69) is 16.9 Å². The van der Waals surface area contributed by atoms with E-state index in [1.807, 2.05) is 6.07 Å². The van der Waals surface area contributed by atoms with Crippen molar-refractivity contribution in [2.75, 3.05) is 0 Å². The quantitative estimate of drug-likeness (QED) is 0.792. The van der Waals surface area contributed by atoms with E-state index in [1.54, 1.807) is 13.1 Å². The maximum Gasteiger partial charge on any atom is 0.125 e. The average Bonchev–Trinajstić information content (AvgIpc) is 2.78. The van der Waals surface area contributed by atoms with E-state index in [0.29, 0.717) is 16.9 Å². The molecular weight excluding hydrogens is 219 g/mol. The molecule has 0 aliphatic rings. The number of nitrogens with zero attached hydrogens (tertiary/aromatic N) is 4. The van der Waals surface area contributed by atoms with Crippen LogP contribution in [0, 0.1) is 17.1 Å². The van der Waals surface area contributed by atoms with Crippen molar-refractivity contribution >= 4 is 5.57 Å². The van der Waals surface area contributed by atoms with Gasteiger partial charge in [-0.2, -0.15) is 5.26 Å². The summed E-state index contributed by atoms with van der Waals surface area (Å²) >= 11 is 0. The van der Waals surface area contributed by atoms with Gasteiger partial charge in [0.15, 0.2) is 0 Å². The van der Waals surface area contributed by atoms with Crippen molar-refractivity contribution in [2.45, 2.75) is 6.92 Å². The van der Waals surface area contributed by atoms with Gasteiger partial charge in [-0.15, -0.1) is 5.10 Å². The second kappa shape index (κ2) is 4.18. The Bertz CT molecular complexity index is 622. The second-order valence-electron chi connectivity index (χ2n) is 3.60. The van der Waals surface area contributed by atoms with Gasteiger partial charge in [0, 0.05) is 6.07 Å². The van der Waals surface area contributed by atoms with Crippen molar-refractivity contribution in [2.24, 2.45) is 0 Å². The number of hydrogen-bond acceptors (Lipinski definition) is 3. The molecule has 0 saturated heterocycles. The van der Waals surface area contributed by atoms with Gasteiger partial charge in [-0.3, -0.25) is 0 Å². The van der Waals surface area contributed by atoms with Crippen molar-refractivity contribution in [3.05, 3.63) is 48.0 Å². The SMILES string of the molecule is C=C(C)c1cn(-c2cc(F)ccc2C#N)nn1. The first kappa shape index (κ1) is 11.0. The number of hydrogen-bond donors (Lipinski definition) is 0. The van der Waals surface area contributed by atoms with Crippen LogP contribution in [0.15, 0.2) is 31.0 Å². The lowest BCUT2D eigenvalue weighted by Crippen LogP contribution is -1.99. The minimum Gasteiger partial charge on any atom is -0.219 e. The van der Waals surface area contributed by atoms with Crippen LogP contribution in [0.5, 0.6) is 0 Å². The molecule has 0 spiro atoms. The zero-order valence-electron chi connectivity index (χ0n) is 9.18. The Morgan fingerprint density at radius 3 is 2.88 bits per heavy atom. The minimum absolute atomic E-state index is 0.338. The van der Waals surface area contributed by atoms with E-state index in [9.17, 15) is 4.39 Å². The third-order valence-electron chi connectivity index (χ3n) is 2.26. The summed E-state index contributed by atoms with van der Waals surface area (Å²) in [6, 6.07) is 5.87. The molecule has 1 aromatic heterocycles. The molecule has 0 aliphatic carbocycles. The molecule has 0 radical (unpaired) electrons. The second-order valence-corrected chi connectivity index (χ2v) is 3.60. The number of aromatic nitrogens is 3. The van der Waals surface area contributed by atoms with Crippen LogP contribution in [-0.2, 0) is 0 Å². The molecule has 17 heavy (non-hydrogen) atoms. The molecule has 4 nitrogen and oxygen atoms in total. The van der Waals surface area contributed by atoms with Crippen LogP contribution in [0.1, 0.15) is 18.2 Å². The molecule has 2 rings (SSSR count). The summed E-state index contributed by atoms with van der Waals surface area (Å²) in [7, 11) is 0. The van der Waals surface area contributed by atoms with Crippen LogP contribution in [0.3, 0.4) is 0 Å². The van der Waals surface area contributed by atoms with E-state index < -0.39 is 5.82 Å². The molecule has 5 heteroatoms. The number of rotatable bonds is 2. The minimum atomic E-state index is -0.425. The van der Waals surface area contributed by atoms with Crippen LogP contribution in [0.4, 0.5) is 4.39 Å². The van der Waals surface area contributed by atoms with Gasteiger partial charge in [-0.05, 0) is 24.6 Å². The Labute approximate surface area is 97.6 Å². The highest BCUT2D eigenvalue weighted by molar-refractivity contribution is 5.57. The fourth-order valence-corrected chi connectivity index (χ4v) is 1.37. The third-order valence-corrected chi connectivity index (χ3v) is 2.26. The normalized spacial score (nSPS) is 9.94. The summed E-state index contributed by atoms with van der Waals surface area (Å²) in [5.41, 5.74) is 2.07. The summed E-state index contributed by atoms with van der Waals surface area (Å²) in [4.78, 5) is 0. The van der Waals surface area contributed by atoms with Gasteiger partial charge >= 0.3 is 0 Å². The molecule has 0 unspecified atom stereocenters. The third kappa shape index (κ3) is 2.06. The monoisotopic (exact) mass is 228 g/mol. The summed E-state index contributed by atoms with van der Waals surface area (Å²) in [6.45, 7) is 5.53. The number of benzene rings is 1. The molecule has 0 aliphatic heterocycles. The van der Waals surface area contributed by atoms with E-state index in [-0.39, 0.29) is 0 Å². The molecule has 0 N–H and O–H groups in total. The first-order valence-electron chi connectivity index (χ1n) is 4.90. The summed E-state index contributed by atoms with van der Waals surface area (Å²) in [5, 5.41) is 16.7. The maximum atomic E-state index is 13.1. The van der Waals surface area contributed by atoms with E-state index in [0.717, 1.165) is 5.57 Å². The van der Waals surface area contributed by atoms with Crippen LogP contribution in [-0.4, -0.2) is 15.0 Å². The summed E-state index contributed by atoms with van der Waals surface area (Å²) in [5.74, 6) is -0.425. The Balaban J connectivity index is 2.56. The molecule has 0 bridgehead atoms. The highest BCUT2D eigenvalue weighted by Crippen LogP contribution is 2.16. The largest absolute Gasteiger partial charge is 0.219 e. The van der Waals surface area contributed by atoms with Crippen LogP contribution in [0.2, 0.25) is 0 Å². The molecule has 1 heterocycles. The van der Waals surface area contributed by atoms with Crippen molar-refractivity contribution in [1.29, 1.82) is 5.26 Å². The van der Waals surface area contributed by atoms with Crippen molar-refractivity contribution in [3.63, 3.8) is 0 Å². The lowest BCUT2D eigenvalue weighted by Gasteiger charge is -2.02. The van der Waals surface area contributed by atoms with Gasteiger partial charge in [0.25, 0.3) is 0 Å². The maximum absolute atomic E-state index is 13.1. The predicted octanol–water partition coefficient (Wildman–Crippen LogP) is 2.31. The smallest absolute Gasteiger partial charge is 0.125 e. The molecule has 0 saturated carbocycles. The van der Waals surface area contributed by atoms with Gasteiger partial charge in [0.2, 0.25) is 0 Å². The van der Waals surface area contributed by atoms with Gasteiger partial charge in [0.1, 0.15) is 17.6 Å². The van der Waals surface area contributed by atoms with Crippen LogP contribution < -0.4 is 0 Å². The van der Waals surface area contributed by atoms with Crippen molar-refractivity contribution in [1.82, 2.24) is 15.0 Å². The highest BCUT2D eigenvalue weighted by Gasteiger charge is 2.09. The van der Waals surface area contributed by atoms with Crippen molar-refractivity contribution in [3.8, 4) is 11.8 Å². The summed E-state index contributed by atoms with van der Waals surface area (Å²) in [6.07, 6.45) is 1.61.